The van der Waals surface area contributed by atoms with Crippen LogP contribution in [0.3, 0.4) is 0 Å². The molecule has 1 heterocycles. The van der Waals surface area contributed by atoms with Crippen LogP contribution in [0.4, 0.5) is 0 Å². The zero-order chi connectivity index (χ0) is 11.7. The first-order chi connectivity index (χ1) is 8.38. The van der Waals surface area contributed by atoms with Crippen molar-refractivity contribution in [1.29, 1.82) is 0 Å². The largest absolute Gasteiger partial charge is 0.329 e. The van der Waals surface area contributed by atoms with E-state index in [1.807, 2.05) is 0 Å². The van der Waals surface area contributed by atoms with Crippen LogP contribution in [-0.4, -0.2) is 30.1 Å². The van der Waals surface area contributed by atoms with E-state index in [4.69, 9.17) is 5.73 Å². The zero-order valence-electron chi connectivity index (χ0n) is 10.4. The van der Waals surface area contributed by atoms with E-state index in [-0.39, 0.29) is 0 Å². The fourth-order valence-corrected chi connectivity index (χ4v) is 3.53. The van der Waals surface area contributed by atoms with E-state index in [0.29, 0.717) is 12.1 Å². The average molecular weight is 230 g/mol. The van der Waals surface area contributed by atoms with Gasteiger partial charge in [-0.05, 0) is 43.4 Å². The van der Waals surface area contributed by atoms with Gasteiger partial charge in [-0.3, -0.25) is 4.90 Å². The van der Waals surface area contributed by atoms with Crippen molar-refractivity contribution in [2.24, 2.45) is 5.73 Å². The molecule has 1 unspecified atom stereocenters. The van der Waals surface area contributed by atoms with Crippen LogP contribution in [0, 0.1) is 0 Å². The molecule has 1 saturated heterocycles. The SMILES string of the molecule is NCC1CCCCN1C1Cc2ccccc2C1. The third kappa shape index (κ3) is 2.12. The lowest BCUT2D eigenvalue weighted by molar-refractivity contribution is 0.103. The van der Waals surface area contributed by atoms with Gasteiger partial charge in [-0.2, -0.15) is 0 Å². The van der Waals surface area contributed by atoms with E-state index in [1.54, 1.807) is 11.1 Å². The number of likely N-dealkylation sites (tertiary alicyclic amines) is 1. The van der Waals surface area contributed by atoms with Crippen molar-refractivity contribution in [3.8, 4) is 0 Å². The van der Waals surface area contributed by atoms with Crippen LogP contribution < -0.4 is 5.73 Å². The van der Waals surface area contributed by atoms with Gasteiger partial charge in [0.1, 0.15) is 0 Å². The summed E-state index contributed by atoms with van der Waals surface area (Å²) in [6, 6.07) is 10.2. The van der Waals surface area contributed by atoms with Gasteiger partial charge >= 0.3 is 0 Å². The quantitative estimate of drug-likeness (QED) is 0.841. The summed E-state index contributed by atoms with van der Waals surface area (Å²) in [6.07, 6.45) is 6.46. The summed E-state index contributed by atoms with van der Waals surface area (Å²) in [5.41, 5.74) is 9.03. The summed E-state index contributed by atoms with van der Waals surface area (Å²) >= 11 is 0. The molecule has 2 nitrogen and oxygen atoms in total. The molecule has 0 spiro atoms. The zero-order valence-corrected chi connectivity index (χ0v) is 10.4. The van der Waals surface area contributed by atoms with Crippen molar-refractivity contribution in [1.82, 2.24) is 4.90 Å². The summed E-state index contributed by atoms with van der Waals surface area (Å²) in [5, 5.41) is 0. The number of nitrogens with zero attached hydrogens (tertiary/aromatic N) is 1. The van der Waals surface area contributed by atoms with Gasteiger partial charge in [-0.15, -0.1) is 0 Å². The minimum atomic E-state index is 0.628. The molecule has 0 saturated carbocycles. The van der Waals surface area contributed by atoms with Crippen molar-refractivity contribution >= 4 is 0 Å². The molecule has 1 aromatic rings. The van der Waals surface area contributed by atoms with Crippen LogP contribution in [-0.2, 0) is 12.8 Å². The molecular weight excluding hydrogens is 208 g/mol. The second-order valence-corrected chi connectivity index (χ2v) is 5.45. The Balaban J connectivity index is 1.74. The molecule has 3 rings (SSSR count). The molecule has 1 aliphatic carbocycles. The summed E-state index contributed by atoms with van der Waals surface area (Å²) in [6.45, 7) is 2.08. The Morgan fingerprint density at radius 2 is 1.82 bits per heavy atom. The van der Waals surface area contributed by atoms with E-state index >= 15 is 0 Å². The molecule has 0 radical (unpaired) electrons. The highest BCUT2D eigenvalue weighted by molar-refractivity contribution is 5.33. The van der Waals surface area contributed by atoms with Crippen molar-refractivity contribution in [2.75, 3.05) is 13.1 Å². The molecular formula is C15H22N2. The molecule has 1 atom stereocenters. The highest BCUT2D eigenvalue weighted by Crippen LogP contribution is 2.29. The molecule has 17 heavy (non-hydrogen) atoms. The lowest BCUT2D eigenvalue weighted by Gasteiger charge is -2.39. The Morgan fingerprint density at radius 1 is 1.12 bits per heavy atom. The lowest BCUT2D eigenvalue weighted by atomic mass is 9.98. The standard InChI is InChI=1S/C15H22N2/c16-11-14-7-3-4-8-17(14)15-9-12-5-1-2-6-13(12)10-15/h1-2,5-6,14-15H,3-4,7-11,16H2. The maximum Gasteiger partial charge on any atom is 0.0221 e. The van der Waals surface area contributed by atoms with E-state index < -0.39 is 0 Å². The second-order valence-electron chi connectivity index (χ2n) is 5.45. The Morgan fingerprint density at radius 3 is 2.47 bits per heavy atom. The van der Waals surface area contributed by atoms with Gasteiger partial charge in [0, 0.05) is 18.6 Å². The van der Waals surface area contributed by atoms with Crippen molar-refractivity contribution in [3.05, 3.63) is 35.4 Å². The third-order valence-corrected chi connectivity index (χ3v) is 4.44. The molecule has 1 aliphatic heterocycles. The minimum absolute atomic E-state index is 0.628. The summed E-state index contributed by atoms with van der Waals surface area (Å²) in [5.74, 6) is 0. The van der Waals surface area contributed by atoms with Gasteiger partial charge in [-0.25, -0.2) is 0 Å². The van der Waals surface area contributed by atoms with Crippen LogP contribution in [0.5, 0.6) is 0 Å². The first-order valence-electron chi connectivity index (χ1n) is 6.91. The van der Waals surface area contributed by atoms with E-state index in [1.165, 1.54) is 38.6 Å². The Kier molecular flexibility index (Phi) is 3.17. The van der Waals surface area contributed by atoms with E-state index in [2.05, 4.69) is 29.2 Å². The molecule has 1 aromatic carbocycles. The Labute approximate surface area is 104 Å². The van der Waals surface area contributed by atoms with Crippen LogP contribution in [0.2, 0.25) is 0 Å². The minimum Gasteiger partial charge on any atom is -0.329 e. The summed E-state index contributed by atoms with van der Waals surface area (Å²) < 4.78 is 0. The van der Waals surface area contributed by atoms with E-state index in [9.17, 15) is 0 Å². The average Bonchev–Trinajstić information content (AvgIpc) is 2.82. The number of hydrogen-bond acceptors (Lipinski definition) is 2. The lowest BCUT2D eigenvalue weighted by Crippen LogP contribution is -2.49. The van der Waals surface area contributed by atoms with Gasteiger partial charge < -0.3 is 5.73 Å². The highest BCUT2D eigenvalue weighted by atomic mass is 15.2. The fourth-order valence-electron chi connectivity index (χ4n) is 3.53. The molecule has 0 amide bonds. The summed E-state index contributed by atoms with van der Waals surface area (Å²) in [4.78, 5) is 2.68. The van der Waals surface area contributed by atoms with Gasteiger partial charge in [0.2, 0.25) is 0 Å². The number of fused-ring (bicyclic) bond motifs is 1. The van der Waals surface area contributed by atoms with Gasteiger partial charge in [-0.1, -0.05) is 30.7 Å². The smallest absolute Gasteiger partial charge is 0.0221 e. The third-order valence-electron chi connectivity index (χ3n) is 4.44. The predicted octanol–water partition coefficient (Wildman–Crippen LogP) is 1.97. The number of hydrogen-bond donors (Lipinski definition) is 1. The topological polar surface area (TPSA) is 29.3 Å². The first kappa shape index (κ1) is 11.2. The van der Waals surface area contributed by atoms with Gasteiger partial charge in [0.25, 0.3) is 0 Å². The van der Waals surface area contributed by atoms with Crippen molar-refractivity contribution in [3.63, 3.8) is 0 Å². The first-order valence-corrected chi connectivity index (χ1v) is 6.91. The van der Waals surface area contributed by atoms with Crippen molar-refractivity contribution < 1.29 is 0 Å². The number of rotatable bonds is 2. The van der Waals surface area contributed by atoms with E-state index in [0.717, 1.165) is 6.54 Å². The number of nitrogens with two attached hydrogens (primary N) is 1. The molecule has 0 bridgehead atoms. The van der Waals surface area contributed by atoms with Gasteiger partial charge in [0.05, 0.1) is 0 Å². The number of benzene rings is 1. The monoisotopic (exact) mass is 230 g/mol. The Bertz CT molecular complexity index is 363. The Hall–Kier alpha value is -0.860. The molecule has 92 valence electrons. The molecule has 0 aromatic heterocycles. The maximum absolute atomic E-state index is 5.92. The maximum atomic E-state index is 5.92. The van der Waals surface area contributed by atoms with Crippen LogP contribution in [0.25, 0.3) is 0 Å². The van der Waals surface area contributed by atoms with Crippen molar-refractivity contribution in [2.45, 2.75) is 44.2 Å². The normalized spacial score (nSPS) is 26.1. The molecule has 2 aliphatic rings. The molecule has 2 N–H and O–H groups in total. The predicted molar refractivity (Wildman–Crippen MR) is 71.0 cm³/mol. The highest BCUT2D eigenvalue weighted by Gasteiger charge is 2.31. The van der Waals surface area contributed by atoms with Crippen LogP contribution >= 0.6 is 0 Å². The summed E-state index contributed by atoms with van der Waals surface area (Å²) in [7, 11) is 0. The van der Waals surface area contributed by atoms with Gasteiger partial charge in [0.15, 0.2) is 0 Å². The van der Waals surface area contributed by atoms with Crippen LogP contribution in [0.15, 0.2) is 24.3 Å². The fraction of sp³-hybridized carbons (Fsp3) is 0.600. The number of piperidine rings is 1. The van der Waals surface area contributed by atoms with Crippen LogP contribution in [0.1, 0.15) is 30.4 Å². The molecule has 1 fully saturated rings. The molecule has 2 heteroatoms. The second kappa shape index (κ2) is 4.79.